The molecular weight excluding hydrogens is 212 g/mol. The minimum absolute atomic E-state index is 0.000626. The molecule has 2 N–H and O–H groups in total. The SMILES string of the molecule is O=C(CCO)NCc1ccccc1[N+](=O)[O-]. The van der Waals surface area contributed by atoms with Gasteiger partial charge in [0.1, 0.15) is 0 Å². The van der Waals surface area contributed by atoms with Crippen molar-refractivity contribution in [2.24, 2.45) is 0 Å². The molecule has 0 fully saturated rings. The number of para-hydroxylation sites is 1. The first-order valence-corrected chi connectivity index (χ1v) is 4.75. The van der Waals surface area contributed by atoms with Crippen molar-refractivity contribution in [2.45, 2.75) is 13.0 Å². The Kier molecular flexibility index (Phi) is 4.41. The third kappa shape index (κ3) is 3.32. The number of hydrogen-bond donors (Lipinski definition) is 2. The van der Waals surface area contributed by atoms with Gasteiger partial charge in [-0.25, -0.2) is 0 Å². The number of nitro benzene ring substituents is 1. The Bertz CT molecular complexity index is 392. The molecule has 0 heterocycles. The number of amides is 1. The fraction of sp³-hybridized carbons (Fsp3) is 0.300. The van der Waals surface area contributed by atoms with Gasteiger partial charge in [-0.15, -0.1) is 0 Å². The smallest absolute Gasteiger partial charge is 0.274 e. The second-order valence-electron chi connectivity index (χ2n) is 3.14. The van der Waals surface area contributed by atoms with Crippen LogP contribution in [0.3, 0.4) is 0 Å². The third-order valence-electron chi connectivity index (χ3n) is 2.00. The van der Waals surface area contributed by atoms with Crippen LogP contribution in [-0.2, 0) is 11.3 Å². The van der Waals surface area contributed by atoms with Crippen LogP contribution >= 0.6 is 0 Å². The maximum atomic E-state index is 11.1. The average molecular weight is 224 g/mol. The van der Waals surface area contributed by atoms with Gasteiger partial charge in [0.15, 0.2) is 0 Å². The van der Waals surface area contributed by atoms with E-state index in [1.54, 1.807) is 18.2 Å². The zero-order valence-electron chi connectivity index (χ0n) is 8.55. The van der Waals surface area contributed by atoms with Crippen molar-refractivity contribution >= 4 is 11.6 Å². The van der Waals surface area contributed by atoms with Crippen molar-refractivity contribution in [1.82, 2.24) is 5.32 Å². The zero-order chi connectivity index (χ0) is 12.0. The van der Waals surface area contributed by atoms with Crippen molar-refractivity contribution in [3.63, 3.8) is 0 Å². The second kappa shape index (κ2) is 5.82. The normalized spacial score (nSPS) is 9.81. The van der Waals surface area contributed by atoms with Gasteiger partial charge in [-0.1, -0.05) is 18.2 Å². The van der Waals surface area contributed by atoms with Crippen LogP contribution in [0.4, 0.5) is 5.69 Å². The van der Waals surface area contributed by atoms with Gasteiger partial charge in [0, 0.05) is 24.6 Å². The number of nitrogens with zero attached hydrogens (tertiary/aromatic N) is 1. The van der Waals surface area contributed by atoms with Crippen LogP contribution in [0.2, 0.25) is 0 Å². The van der Waals surface area contributed by atoms with Gasteiger partial charge in [-0.05, 0) is 0 Å². The lowest BCUT2D eigenvalue weighted by molar-refractivity contribution is -0.385. The maximum Gasteiger partial charge on any atom is 0.274 e. The summed E-state index contributed by atoms with van der Waals surface area (Å²) in [6, 6.07) is 6.20. The zero-order valence-corrected chi connectivity index (χ0v) is 8.55. The Labute approximate surface area is 92.0 Å². The summed E-state index contributed by atoms with van der Waals surface area (Å²) in [6.07, 6.45) is 0.000626. The van der Waals surface area contributed by atoms with Crippen molar-refractivity contribution in [1.29, 1.82) is 0 Å². The molecule has 1 amide bonds. The molecule has 16 heavy (non-hydrogen) atoms. The lowest BCUT2D eigenvalue weighted by Crippen LogP contribution is -2.23. The lowest BCUT2D eigenvalue weighted by Gasteiger charge is -2.04. The molecule has 1 rings (SSSR count). The minimum Gasteiger partial charge on any atom is -0.396 e. The van der Waals surface area contributed by atoms with Crippen LogP contribution in [0.5, 0.6) is 0 Å². The minimum atomic E-state index is -0.493. The van der Waals surface area contributed by atoms with E-state index in [0.717, 1.165) is 0 Å². The van der Waals surface area contributed by atoms with Crippen molar-refractivity contribution in [3.05, 3.63) is 39.9 Å². The monoisotopic (exact) mass is 224 g/mol. The van der Waals surface area contributed by atoms with Crippen LogP contribution in [-0.4, -0.2) is 22.5 Å². The van der Waals surface area contributed by atoms with Gasteiger partial charge < -0.3 is 10.4 Å². The summed E-state index contributed by atoms with van der Waals surface area (Å²) in [4.78, 5) is 21.2. The van der Waals surface area contributed by atoms with E-state index in [-0.39, 0.29) is 31.2 Å². The molecule has 0 saturated heterocycles. The summed E-state index contributed by atoms with van der Waals surface area (Å²) < 4.78 is 0. The molecule has 0 aromatic heterocycles. The van der Waals surface area contributed by atoms with Gasteiger partial charge >= 0.3 is 0 Å². The van der Waals surface area contributed by atoms with Crippen LogP contribution in [0.1, 0.15) is 12.0 Å². The van der Waals surface area contributed by atoms with Gasteiger partial charge in [0.25, 0.3) is 5.69 Å². The number of aliphatic hydroxyl groups excluding tert-OH is 1. The molecule has 0 aliphatic rings. The van der Waals surface area contributed by atoms with Gasteiger partial charge in [0.05, 0.1) is 11.5 Å². The molecule has 86 valence electrons. The second-order valence-corrected chi connectivity index (χ2v) is 3.14. The number of benzene rings is 1. The molecule has 0 spiro atoms. The fourth-order valence-electron chi connectivity index (χ4n) is 1.22. The van der Waals surface area contributed by atoms with Gasteiger partial charge in [0.2, 0.25) is 5.91 Å². The molecule has 6 heteroatoms. The van der Waals surface area contributed by atoms with E-state index in [0.29, 0.717) is 5.56 Å². The molecule has 0 atom stereocenters. The van der Waals surface area contributed by atoms with E-state index in [1.807, 2.05) is 0 Å². The van der Waals surface area contributed by atoms with Crippen LogP contribution in [0, 0.1) is 10.1 Å². The highest BCUT2D eigenvalue weighted by Gasteiger charge is 2.12. The van der Waals surface area contributed by atoms with Crippen molar-refractivity contribution in [3.8, 4) is 0 Å². The molecule has 6 nitrogen and oxygen atoms in total. The first-order valence-electron chi connectivity index (χ1n) is 4.75. The Hall–Kier alpha value is -1.95. The maximum absolute atomic E-state index is 11.1. The number of carbonyl (C=O) groups is 1. The quantitative estimate of drug-likeness (QED) is 0.565. The number of aliphatic hydroxyl groups is 1. The molecule has 1 aromatic carbocycles. The molecule has 0 radical (unpaired) electrons. The molecule has 0 saturated carbocycles. The Balaban J connectivity index is 2.66. The first kappa shape index (κ1) is 12.1. The van der Waals surface area contributed by atoms with Gasteiger partial charge in [-0.2, -0.15) is 0 Å². The van der Waals surface area contributed by atoms with E-state index >= 15 is 0 Å². The topological polar surface area (TPSA) is 92.5 Å². The van der Waals surface area contributed by atoms with Crippen molar-refractivity contribution in [2.75, 3.05) is 6.61 Å². The first-order chi connectivity index (χ1) is 7.65. The molecule has 1 aromatic rings. The number of nitrogens with one attached hydrogen (secondary N) is 1. The molecule has 0 aliphatic carbocycles. The van der Waals surface area contributed by atoms with E-state index in [1.165, 1.54) is 6.07 Å². The summed E-state index contributed by atoms with van der Waals surface area (Å²) >= 11 is 0. The van der Waals surface area contributed by atoms with Gasteiger partial charge in [-0.3, -0.25) is 14.9 Å². The fourth-order valence-corrected chi connectivity index (χ4v) is 1.22. The average Bonchev–Trinajstić information content (AvgIpc) is 2.27. The van der Waals surface area contributed by atoms with E-state index in [2.05, 4.69) is 5.32 Å². The molecule has 0 bridgehead atoms. The third-order valence-corrected chi connectivity index (χ3v) is 2.00. The molecular formula is C10H12N2O4. The number of rotatable bonds is 5. The predicted octanol–water partition coefficient (Wildman–Crippen LogP) is 0.593. The number of carbonyl (C=O) groups excluding carboxylic acids is 1. The molecule has 0 unspecified atom stereocenters. The van der Waals surface area contributed by atoms with Crippen LogP contribution in [0.15, 0.2) is 24.3 Å². The predicted molar refractivity (Wildman–Crippen MR) is 56.6 cm³/mol. The summed E-state index contributed by atoms with van der Waals surface area (Å²) in [5.41, 5.74) is 0.422. The highest BCUT2D eigenvalue weighted by Crippen LogP contribution is 2.16. The highest BCUT2D eigenvalue weighted by atomic mass is 16.6. The summed E-state index contributed by atoms with van der Waals surface area (Å²) in [7, 11) is 0. The standard InChI is InChI=1S/C10H12N2O4/c13-6-5-10(14)11-7-8-3-1-2-4-9(8)12(15)16/h1-4,13H,5-7H2,(H,11,14). The summed E-state index contributed by atoms with van der Waals surface area (Å²) in [6.45, 7) is -0.140. The Morgan fingerprint density at radius 1 is 1.44 bits per heavy atom. The highest BCUT2D eigenvalue weighted by molar-refractivity contribution is 5.76. The van der Waals surface area contributed by atoms with Crippen LogP contribution in [0.25, 0.3) is 0 Å². The summed E-state index contributed by atoms with van der Waals surface area (Å²) in [5, 5.41) is 21.6. The van der Waals surface area contributed by atoms with E-state index in [9.17, 15) is 14.9 Å². The summed E-state index contributed by atoms with van der Waals surface area (Å²) in [5.74, 6) is -0.333. The van der Waals surface area contributed by atoms with E-state index in [4.69, 9.17) is 5.11 Å². The van der Waals surface area contributed by atoms with E-state index < -0.39 is 4.92 Å². The Morgan fingerprint density at radius 2 is 2.12 bits per heavy atom. The Morgan fingerprint density at radius 3 is 2.75 bits per heavy atom. The van der Waals surface area contributed by atoms with Crippen molar-refractivity contribution < 1.29 is 14.8 Å². The lowest BCUT2D eigenvalue weighted by atomic mass is 10.2. The number of nitro groups is 1. The molecule has 0 aliphatic heterocycles. The number of hydrogen-bond acceptors (Lipinski definition) is 4. The largest absolute Gasteiger partial charge is 0.396 e. The van der Waals surface area contributed by atoms with Crippen LogP contribution < -0.4 is 5.32 Å².